The Morgan fingerprint density at radius 2 is 1.70 bits per heavy atom. The molecule has 1 saturated heterocycles. The smallest absolute Gasteiger partial charge is 0.309 e. The first-order valence-electron chi connectivity index (χ1n) is 10.7. The molecular weight excluding hydrogens is 404 g/mol. The molecule has 8 nitrogen and oxygen atoms in total. The molecule has 0 bridgehead atoms. The number of sulfonamides is 1. The predicted molar refractivity (Wildman–Crippen MR) is 111 cm³/mol. The molecule has 0 atom stereocenters. The van der Waals surface area contributed by atoms with E-state index in [-0.39, 0.29) is 28.6 Å². The molecule has 1 saturated carbocycles. The Bertz CT molecular complexity index is 973. The average molecular weight is 433 g/mol. The number of rotatable bonds is 5. The monoisotopic (exact) mass is 432 g/mol. The summed E-state index contributed by atoms with van der Waals surface area (Å²) in [5.41, 5.74) is 0.575. The van der Waals surface area contributed by atoms with Crippen molar-refractivity contribution in [3.05, 3.63) is 30.2 Å². The van der Waals surface area contributed by atoms with Gasteiger partial charge < -0.3 is 9.73 Å². The largest absolute Gasteiger partial charge is 0.412 e. The minimum atomic E-state index is -3.49. The molecule has 1 aliphatic heterocycles. The molecule has 0 radical (unpaired) electrons. The summed E-state index contributed by atoms with van der Waals surface area (Å²) in [5, 5.41) is 10.8. The van der Waals surface area contributed by atoms with Gasteiger partial charge in [0.25, 0.3) is 0 Å². The van der Waals surface area contributed by atoms with Crippen molar-refractivity contribution in [2.45, 2.75) is 62.8 Å². The van der Waals surface area contributed by atoms with Gasteiger partial charge in [-0.15, -0.1) is 10.2 Å². The molecule has 30 heavy (non-hydrogen) atoms. The highest BCUT2D eigenvalue weighted by molar-refractivity contribution is 7.89. The maximum atomic E-state index is 12.8. The summed E-state index contributed by atoms with van der Waals surface area (Å²) >= 11 is 0. The van der Waals surface area contributed by atoms with Crippen LogP contribution in [0.2, 0.25) is 0 Å². The van der Waals surface area contributed by atoms with Gasteiger partial charge in [-0.1, -0.05) is 13.3 Å². The van der Waals surface area contributed by atoms with Crippen molar-refractivity contribution in [2.24, 2.45) is 5.92 Å². The summed E-state index contributed by atoms with van der Waals surface area (Å²) in [6.45, 7) is 3.35. The summed E-state index contributed by atoms with van der Waals surface area (Å²) in [7, 11) is -3.49. The van der Waals surface area contributed by atoms with Crippen LogP contribution in [0, 0.1) is 5.92 Å². The van der Waals surface area contributed by atoms with Gasteiger partial charge in [-0.05, 0) is 68.7 Å². The van der Waals surface area contributed by atoms with Gasteiger partial charge in [-0.2, -0.15) is 4.31 Å². The molecule has 0 unspecified atom stereocenters. The number of hydrogen-bond donors (Lipinski definition) is 1. The van der Waals surface area contributed by atoms with E-state index in [1.54, 1.807) is 24.3 Å². The molecule has 2 aromatic rings. The van der Waals surface area contributed by atoms with E-state index in [1.807, 2.05) is 0 Å². The second kappa shape index (κ2) is 8.85. The Hall–Kier alpha value is -2.26. The van der Waals surface area contributed by atoms with Crippen molar-refractivity contribution in [3.8, 4) is 11.5 Å². The van der Waals surface area contributed by atoms with Crippen LogP contribution in [0.1, 0.15) is 62.6 Å². The molecule has 9 heteroatoms. The van der Waals surface area contributed by atoms with Crippen LogP contribution in [0.15, 0.2) is 33.6 Å². The Balaban J connectivity index is 1.42. The number of amides is 1. The quantitative estimate of drug-likeness (QED) is 0.778. The van der Waals surface area contributed by atoms with Crippen LogP contribution < -0.4 is 5.32 Å². The van der Waals surface area contributed by atoms with Crippen LogP contribution in [0.5, 0.6) is 0 Å². The van der Waals surface area contributed by atoms with Crippen molar-refractivity contribution in [1.82, 2.24) is 19.8 Å². The SMILES string of the molecule is CC1CCC(NC(=O)c2nnc(-c3ccc(S(=O)(=O)N4CCCCC4)cc3)o2)CC1. The maximum Gasteiger partial charge on any atom is 0.309 e. The van der Waals surface area contributed by atoms with E-state index in [1.165, 1.54) is 4.31 Å². The molecule has 1 aromatic carbocycles. The summed E-state index contributed by atoms with van der Waals surface area (Å²) in [5.74, 6) is 0.459. The fourth-order valence-corrected chi connectivity index (χ4v) is 5.62. The number of nitrogens with one attached hydrogen (secondary N) is 1. The zero-order valence-corrected chi connectivity index (χ0v) is 18.0. The Morgan fingerprint density at radius 3 is 2.37 bits per heavy atom. The highest BCUT2D eigenvalue weighted by Gasteiger charge is 2.26. The van der Waals surface area contributed by atoms with Crippen LogP contribution in [-0.2, 0) is 10.0 Å². The molecule has 2 heterocycles. The van der Waals surface area contributed by atoms with E-state index in [0.29, 0.717) is 24.6 Å². The van der Waals surface area contributed by atoms with Gasteiger partial charge in [0.05, 0.1) is 4.90 Å². The van der Waals surface area contributed by atoms with Gasteiger partial charge in [0, 0.05) is 24.7 Å². The second-order valence-corrected chi connectivity index (χ2v) is 10.3. The number of carbonyl (C=O) groups is 1. The van der Waals surface area contributed by atoms with Crippen molar-refractivity contribution in [1.29, 1.82) is 0 Å². The Labute approximate surface area is 177 Å². The number of hydrogen-bond acceptors (Lipinski definition) is 6. The lowest BCUT2D eigenvalue weighted by Gasteiger charge is -2.26. The Kier molecular flexibility index (Phi) is 6.19. The fraction of sp³-hybridized carbons (Fsp3) is 0.571. The third-order valence-corrected chi connectivity index (χ3v) is 7.94. The van der Waals surface area contributed by atoms with Gasteiger partial charge in [-0.25, -0.2) is 8.42 Å². The first kappa shape index (κ1) is 21.0. The zero-order valence-electron chi connectivity index (χ0n) is 17.2. The molecule has 4 rings (SSSR count). The normalized spacial score (nSPS) is 23.2. The van der Waals surface area contributed by atoms with Crippen LogP contribution >= 0.6 is 0 Å². The van der Waals surface area contributed by atoms with E-state index in [2.05, 4.69) is 22.4 Å². The molecule has 2 fully saturated rings. The summed E-state index contributed by atoms with van der Waals surface area (Å²) < 4.78 is 32.6. The molecule has 1 aliphatic carbocycles. The number of aromatic nitrogens is 2. The summed E-state index contributed by atoms with van der Waals surface area (Å²) in [6, 6.07) is 6.50. The van der Waals surface area contributed by atoms with Crippen LogP contribution in [0.25, 0.3) is 11.5 Å². The van der Waals surface area contributed by atoms with E-state index >= 15 is 0 Å². The zero-order chi connectivity index (χ0) is 21.1. The number of carbonyl (C=O) groups excluding carboxylic acids is 1. The standard InChI is InChI=1S/C21H28N4O4S/c1-15-5-9-17(10-6-15)22-19(26)21-24-23-20(29-21)16-7-11-18(12-8-16)30(27,28)25-13-3-2-4-14-25/h7-8,11-12,15,17H,2-6,9-10,13-14H2,1H3,(H,22,26). The van der Waals surface area contributed by atoms with Gasteiger partial charge in [0.2, 0.25) is 15.9 Å². The van der Waals surface area contributed by atoms with Crippen LogP contribution in [-0.4, -0.2) is 48.0 Å². The fourth-order valence-electron chi connectivity index (χ4n) is 4.11. The Morgan fingerprint density at radius 1 is 1.03 bits per heavy atom. The molecule has 0 spiro atoms. The number of piperidine rings is 1. The summed E-state index contributed by atoms with van der Waals surface area (Å²) in [6.07, 6.45) is 6.98. The van der Waals surface area contributed by atoms with Crippen molar-refractivity contribution < 1.29 is 17.6 Å². The second-order valence-electron chi connectivity index (χ2n) is 8.33. The molecular formula is C21H28N4O4S. The van der Waals surface area contributed by atoms with Crippen molar-refractivity contribution in [3.63, 3.8) is 0 Å². The number of benzene rings is 1. The minimum Gasteiger partial charge on any atom is -0.412 e. The van der Waals surface area contributed by atoms with E-state index in [0.717, 1.165) is 44.9 Å². The molecule has 1 aromatic heterocycles. The highest BCUT2D eigenvalue weighted by atomic mass is 32.2. The molecule has 1 amide bonds. The summed E-state index contributed by atoms with van der Waals surface area (Å²) in [4.78, 5) is 12.7. The minimum absolute atomic E-state index is 0.0753. The average Bonchev–Trinajstić information content (AvgIpc) is 3.27. The van der Waals surface area contributed by atoms with Crippen molar-refractivity contribution >= 4 is 15.9 Å². The lowest BCUT2D eigenvalue weighted by molar-refractivity contribution is 0.0888. The topological polar surface area (TPSA) is 105 Å². The lowest BCUT2D eigenvalue weighted by atomic mass is 9.87. The molecule has 2 aliphatic rings. The van der Waals surface area contributed by atoms with Gasteiger partial charge in [0.15, 0.2) is 0 Å². The number of nitrogens with zero attached hydrogens (tertiary/aromatic N) is 3. The van der Waals surface area contributed by atoms with Crippen LogP contribution in [0.4, 0.5) is 0 Å². The maximum absolute atomic E-state index is 12.8. The van der Waals surface area contributed by atoms with Crippen molar-refractivity contribution in [2.75, 3.05) is 13.1 Å². The first-order chi connectivity index (χ1) is 14.4. The van der Waals surface area contributed by atoms with E-state index in [9.17, 15) is 13.2 Å². The molecule has 1 N–H and O–H groups in total. The van der Waals surface area contributed by atoms with Crippen LogP contribution in [0.3, 0.4) is 0 Å². The van der Waals surface area contributed by atoms with E-state index < -0.39 is 10.0 Å². The van der Waals surface area contributed by atoms with E-state index in [4.69, 9.17) is 4.42 Å². The predicted octanol–water partition coefficient (Wildman–Crippen LogP) is 3.22. The lowest BCUT2D eigenvalue weighted by Crippen LogP contribution is -2.37. The third kappa shape index (κ3) is 4.57. The van der Waals surface area contributed by atoms with Gasteiger partial charge in [-0.3, -0.25) is 4.79 Å². The van der Waals surface area contributed by atoms with Gasteiger partial charge in [0.1, 0.15) is 0 Å². The first-order valence-corrected chi connectivity index (χ1v) is 12.1. The highest BCUT2D eigenvalue weighted by Crippen LogP contribution is 2.25. The van der Waals surface area contributed by atoms with Gasteiger partial charge >= 0.3 is 11.8 Å². The molecule has 162 valence electrons. The third-order valence-electron chi connectivity index (χ3n) is 6.02.